The number of nitrogens with one attached hydrogen (secondary N) is 2. The third kappa shape index (κ3) is 15.9. The molecule has 0 saturated carbocycles. The number of carbonyl (C=O) groups excluding carboxylic acids is 2. The van der Waals surface area contributed by atoms with Crippen LogP contribution >= 0.6 is 7.82 Å². The van der Waals surface area contributed by atoms with E-state index in [4.69, 9.17) is 24.0 Å². The molecule has 0 heterocycles. The summed E-state index contributed by atoms with van der Waals surface area (Å²) in [6.45, 7) is 5.24. The van der Waals surface area contributed by atoms with Crippen molar-refractivity contribution in [2.45, 2.75) is 26.4 Å². The molecule has 0 spiro atoms. The van der Waals surface area contributed by atoms with E-state index in [-0.39, 0.29) is 18.4 Å². The van der Waals surface area contributed by atoms with Gasteiger partial charge in [-0.15, -0.1) is 0 Å². The van der Waals surface area contributed by atoms with Crippen LogP contribution in [0.15, 0.2) is 24.3 Å². The molecule has 0 radical (unpaired) electrons. The predicted octanol–water partition coefficient (Wildman–Crippen LogP) is 0.992. The van der Waals surface area contributed by atoms with Crippen LogP contribution in [-0.4, -0.2) is 74.3 Å². The van der Waals surface area contributed by atoms with E-state index in [1.165, 1.54) is 6.92 Å². The lowest BCUT2D eigenvalue weighted by Crippen LogP contribution is -2.25. The molecule has 1 rings (SSSR count). The summed E-state index contributed by atoms with van der Waals surface area (Å²) < 4.78 is 31.3. The average Bonchev–Trinajstić information content (AvgIpc) is 2.74. The van der Waals surface area contributed by atoms with Crippen molar-refractivity contribution in [3.8, 4) is 0 Å². The predicted molar refractivity (Wildman–Crippen MR) is 116 cm³/mol. The zero-order valence-electron chi connectivity index (χ0n) is 18.3. The summed E-state index contributed by atoms with van der Waals surface area (Å²) in [5, 5.41) is 5.47. The third-order valence-electron chi connectivity index (χ3n) is 3.95. The van der Waals surface area contributed by atoms with Crippen molar-refractivity contribution in [3.05, 3.63) is 35.4 Å². The lowest BCUT2D eigenvalue weighted by atomic mass is 10.1. The van der Waals surface area contributed by atoms with E-state index in [1.54, 1.807) is 24.3 Å². The number of carbonyl (C=O) groups is 2. The maximum Gasteiger partial charge on any atom is 0.469 e. The van der Waals surface area contributed by atoms with Gasteiger partial charge in [-0.2, -0.15) is 0 Å². The lowest BCUT2D eigenvalue weighted by Gasteiger charge is -2.08. The monoisotopic (exact) mass is 476 g/mol. The molecule has 0 aromatic heterocycles. The largest absolute Gasteiger partial charge is 0.469 e. The van der Waals surface area contributed by atoms with Gasteiger partial charge in [-0.05, 0) is 30.5 Å². The molecule has 32 heavy (non-hydrogen) atoms. The summed E-state index contributed by atoms with van der Waals surface area (Å²) in [6.07, 6.45) is 1.41. The second kappa shape index (κ2) is 16.7. The Labute approximate surface area is 188 Å². The van der Waals surface area contributed by atoms with Crippen LogP contribution in [0.4, 0.5) is 0 Å². The molecule has 0 bridgehead atoms. The normalized spacial score (nSPS) is 11.3. The van der Waals surface area contributed by atoms with Crippen molar-refractivity contribution in [2.24, 2.45) is 0 Å². The van der Waals surface area contributed by atoms with Gasteiger partial charge in [0.1, 0.15) is 0 Å². The first kappa shape index (κ1) is 28.2. The maximum atomic E-state index is 12.1. The molecule has 0 unspecified atom stereocenters. The van der Waals surface area contributed by atoms with Crippen LogP contribution in [0.1, 0.15) is 35.7 Å². The molecule has 1 aromatic rings. The smallest absolute Gasteiger partial charge is 0.379 e. The van der Waals surface area contributed by atoms with Crippen LogP contribution in [0, 0.1) is 0 Å². The van der Waals surface area contributed by atoms with E-state index in [0.29, 0.717) is 70.3 Å². The molecule has 0 saturated heterocycles. The van der Waals surface area contributed by atoms with Gasteiger partial charge >= 0.3 is 7.82 Å². The Kier molecular flexibility index (Phi) is 14.7. The third-order valence-corrected chi connectivity index (χ3v) is 4.42. The fourth-order valence-electron chi connectivity index (χ4n) is 2.37. The van der Waals surface area contributed by atoms with Gasteiger partial charge in [0.2, 0.25) is 5.91 Å². The minimum absolute atomic E-state index is 0.0447. The number of hydrogen-bond acceptors (Lipinski definition) is 7. The standard InChI is InChI=1S/C20H33N2O9P/c1-17(23)21-8-2-10-28-12-14-30-15-13-29-11-3-9-22-20(24)19-6-4-18(5-7-19)16-31-32(25,26)27/h4-7H,2-3,8-16H2,1H3,(H,21,23)(H,22,24)(H2,25,26,27). The number of phosphoric acid groups is 1. The van der Waals surface area contributed by atoms with E-state index in [2.05, 4.69) is 15.2 Å². The van der Waals surface area contributed by atoms with Crippen molar-refractivity contribution < 1.29 is 42.7 Å². The van der Waals surface area contributed by atoms with Gasteiger partial charge in [-0.3, -0.25) is 14.1 Å². The highest BCUT2D eigenvalue weighted by Gasteiger charge is 2.13. The zero-order valence-corrected chi connectivity index (χ0v) is 19.2. The van der Waals surface area contributed by atoms with Crippen LogP contribution in [0.25, 0.3) is 0 Å². The molecule has 0 fully saturated rings. The lowest BCUT2D eigenvalue weighted by molar-refractivity contribution is -0.119. The van der Waals surface area contributed by atoms with Crippen molar-refractivity contribution in [2.75, 3.05) is 52.7 Å². The summed E-state index contributed by atoms with van der Waals surface area (Å²) in [6, 6.07) is 6.28. The van der Waals surface area contributed by atoms with E-state index in [1.807, 2.05) is 0 Å². The fourth-order valence-corrected chi connectivity index (χ4v) is 2.69. The van der Waals surface area contributed by atoms with E-state index in [9.17, 15) is 14.2 Å². The minimum Gasteiger partial charge on any atom is -0.379 e. The Hall–Kier alpha value is -1.85. The second-order valence-electron chi connectivity index (χ2n) is 6.74. The summed E-state index contributed by atoms with van der Waals surface area (Å²) in [5.74, 6) is -0.287. The summed E-state index contributed by atoms with van der Waals surface area (Å²) in [4.78, 5) is 40.1. The molecule has 182 valence electrons. The molecule has 4 N–H and O–H groups in total. The number of ether oxygens (including phenoxy) is 3. The zero-order chi connectivity index (χ0) is 23.7. The SMILES string of the molecule is CC(=O)NCCCOCCOCCOCCCNC(=O)c1ccc(COP(=O)(O)O)cc1. The van der Waals surface area contributed by atoms with Gasteiger partial charge in [0.15, 0.2) is 0 Å². The van der Waals surface area contributed by atoms with Crippen molar-refractivity contribution >= 4 is 19.6 Å². The van der Waals surface area contributed by atoms with E-state index < -0.39 is 7.82 Å². The van der Waals surface area contributed by atoms with Crippen LogP contribution in [-0.2, 0) is 34.7 Å². The maximum absolute atomic E-state index is 12.1. The molecule has 11 nitrogen and oxygen atoms in total. The molecule has 0 aliphatic carbocycles. The van der Waals surface area contributed by atoms with Crippen LogP contribution < -0.4 is 10.6 Å². The molecule has 0 aliphatic rings. The molecular weight excluding hydrogens is 443 g/mol. The Morgan fingerprint density at radius 1 is 0.844 bits per heavy atom. The van der Waals surface area contributed by atoms with Crippen molar-refractivity contribution in [3.63, 3.8) is 0 Å². The van der Waals surface area contributed by atoms with Gasteiger partial charge in [-0.1, -0.05) is 12.1 Å². The highest BCUT2D eigenvalue weighted by atomic mass is 31.2. The number of rotatable bonds is 18. The van der Waals surface area contributed by atoms with E-state index >= 15 is 0 Å². The minimum atomic E-state index is -4.52. The van der Waals surface area contributed by atoms with Crippen LogP contribution in [0.3, 0.4) is 0 Å². The highest BCUT2D eigenvalue weighted by molar-refractivity contribution is 7.46. The molecule has 0 aliphatic heterocycles. The Morgan fingerprint density at radius 3 is 1.84 bits per heavy atom. The average molecular weight is 476 g/mol. The Balaban J connectivity index is 1.95. The molecule has 1 aromatic carbocycles. The van der Waals surface area contributed by atoms with Gasteiger partial charge < -0.3 is 34.6 Å². The number of benzene rings is 1. The number of amides is 2. The quantitative estimate of drug-likeness (QED) is 0.179. The van der Waals surface area contributed by atoms with Crippen LogP contribution in [0.5, 0.6) is 0 Å². The Bertz CT molecular complexity index is 710. The van der Waals surface area contributed by atoms with Crippen molar-refractivity contribution in [1.29, 1.82) is 0 Å². The Morgan fingerprint density at radius 2 is 1.34 bits per heavy atom. The first-order chi connectivity index (χ1) is 15.3. The summed E-state index contributed by atoms with van der Waals surface area (Å²) >= 11 is 0. The van der Waals surface area contributed by atoms with Crippen molar-refractivity contribution in [1.82, 2.24) is 10.6 Å². The van der Waals surface area contributed by atoms with E-state index in [0.717, 1.165) is 6.42 Å². The topological polar surface area (TPSA) is 153 Å². The summed E-state index contributed by atoms with van der Waals surface area (Å²) in [5.41, 5.74) is 0.991. The first-order valence-electron chi connectivity index (χ1n) is 10.3. The second-order valence-corrected chi connectivity index (χ2v) is 7.98. The molecular formula is C20H33N2O9P. The fraction of sp³-hybridized carbons (Fsp3) is 0.600. The summed E-state index contributed by atoms with van der Waals surface area (Å²) in [7, 11) is -4.52. The van der Waals surface area contributed by atoms with Gasteiger partial charge in [0.25, 0.3) is 5.91 Å². The van der Waals surface area contributed by atoms with Gasteiger partial charge in [0.05, 0.1) is 33.0 Å². The molecule has 2 amide bonds. The molecule has 12 heteroatoms. The van der Waals surface area contributed by atoms with Gasteiger partial charge in [-0.25, -0.2) is 4.57 Å². The first-order valence-corrected chi connectivity index (χ1v) is 11.9. The highest BCUT2D eigenvalue weighted by Crippen LogP contribution is 2.36. The number of phosphoric ester groups is 1. The van der Waals surface area contributed by atoms with Crippen LogP contribution in [0.2, 0.25) is 0 Å². The number of hydrogen-bond donors (Lipinski definition) is 4. The van der Waals surface area contributed by atoms with Gasteiger partial charge in [0, 0.05) is 38.8 Å². The molecule has 0 atom stereocenters.